The fourth-order valence-electron chi connectivity index (χ4n) is 2.91. The highest BCUT2D eigenvalue weighted by atomic mass is 32.1. The molecule has 2 N–H and O–H groups in total. The lowest BCUT2D eigenvalue weighted by Crippen LogP contribution is -2.12. The van der Waals surface area contributed by atoms with Crippen LogP contribution in [0.15, 0.2) is 36.4 Å². The summed E-state index contributed by atoms with van der Waals surface area (Å²) >= 11 is 4.99. The minimum atomic E-state index is -4.51. The summed E-state index contributed by atoms with van der Waals surface area (Å²) in [5.74, 6) is -1.97. The molecule has 0 fully saturated rings. The van der Waals surface area contributed by atoms with Gasteiger partial charge in [0, 0.05) is 11.6 Å². The van der Waals surface area contributed by atoms with Crippen molar-refractivity contribution in [3.05, 3.63) is 58.7 Å². The number of benzene rings is 2. The second-order valence-electron chi connectivity index (χ2n) is 6.55. The fourth-order valence-corrected chi connectivity index (χ4v) is 3.15. The molecule has 0 saturated carbocycles. The van der Waals surface area contributed by atoms with Crippen LogP contribution in [0.3, 0.4) is 0 Å². The Labute approximate surface area is 171 Å². The van der Waals surface area contributed by atoms with E-state index in [1.165, 1.54) is 6.07 Å². The average molecular weight is 446 g/mol. The standard InChI is InChI=1S/C10H8F3NS.C9H4F3NO2/c1-5-7-4-6(10(11,12)13)2-3-8(7)14-9(5)15;10-9(11,12)4-1-2-6-5(3-4)7(14)8(15)13-6/h2-5H,1H3,(H,14,15);1-3H,(H,13,14,15). The first-order valence-electron chi connectivity index (χ1n) is 8.38. The Morgan fingerprint density at radius 3 is 1.93 bits per heavy atom. The lowest BCUT2D eigenvalue weighted by Gasteiger charge is -2.09. The smallest absolute Gasteiger partial charge is 0.349 e. The van der Waals surface area contributed by atoms with Crippen LogP contribution in [0.1, 0.15) is 39.9 Å². The summed E-state index contributed by atoms with van der Waals surface area (Å²) in [7, 11) is 0. The number of hydrogen-bond acceptors (Lipinski definition) is 3. The number of hydrogen-bond donors (Lipinski definition) is 2. The topological polar surface area (TPSA) is 58.2 Å². The van der Waals surface area contributed by atoms with Crippen LogP contribution >= 0.6 is 12.2 Å². The molecule has 0 spiro atoms. The minimum Gasteiger partial charge on any atom is -0.349 e. The number of amides is 1. The van der Waals surface area contributed by atoms with Crippen LogP contribution in [0.2, 0.25) is 0 Å². The van der Waals surface area contributed by atoms with E-state index in [1.54, 1.807) is 6.92 Å². The van der Waals surface area contributed by atoms with Gasteiger partial charge in [-0.2, -0.15) is 26.3 Å². The SMILES string of the molecule is CC1C(=S)Nc2ccc(C(F)(F)F)cc21.O=C1Nc2ccc(C(F)(F)F)cc2C1=O. The van der Waals surface area contributed by atoms with Crippen LogP contribution in [0.25, 0.3) is 0 Å². The molecule has 1 unspecified atom stereocenters. The molecule has 4 nitrogen and oxygen atoms in total. The fraction of sp³-hybridized carbons (Fsp3) is 0.211. The molecule has 0 bridgehead atoms. The van der Waals surface area contributed by atoms with E-state index in [-0.39, 0.29) is 17.2 Å². The van der Waals surface area contributed by atoms with E-state index < -0.39 is 35.2 Å². The molecule has 0 radical (unpaired) electrons. The van der Waals surface area contributed by atoms with Gasteiger partial charge in [0.1, 0.15) is 0 Å². The van der Waals surface area contributed by atoms with Crippen molar-refractivity contribution in [2.45, 2.75) is 25.2 Å². The van der Waals surface area contributed by atoms with Crippen LogP contribution in [0, 0.1) is 0 Å². The van der Waals surface area contributed by atoms with Crippen molar-refractivity contribution in [3.8, 4) is 0 Å². The first kappa shape index (κ1) is 21.8. The summed E-state index contributed by atoms with van der Waals surface area (Å²) in [5, 5.41) is 5.06. The Balaban J connectivity index is 0.000000171. The molecule has 1 amide bonds. The molecule has 2 aromatic rings. The van der Waals surface area contributed by atoms with Crippen molar-refractivity contribution in [1.82, 2.24) is 0 Å². The zero-order valence-corrected chi connectivity index (χ0v) is 15.9. The maximum atomic E-state index is 12.4. The number of nitrogens with one attached hydrogen (secondary N) is 2. The summed E-state index contributed by atoms with van der Waals surface area (Å²) in [4.78, 5) is 22.5. The van der Waals surface area contributed by atoms with Crippen LogP contribution in [0.5, 0.6) is 0 Å². The molecule has 1 atom stereocenters. The number of Topliss-reactive ketones (excluding diaryl/α,β-unsaturated/α-hetero) is 1. The summed E-state index contributed by atoms with van der Waals surface area (Å²) in [5.41, 5.74) is -0.367. The number of rotatable bonds is 0. The first-order chi connectivity index (χ1) is 13.8. The van der Waals surface area contributed by atoms with Gasteiger partial charge in [-0.15, -0.1) is 0 Å². The zero-order chi connectivity index (χ0) is 22.4. The predicted octanol–water partition coefficient (Wildman–Crippen LogP) is 5.40. The van der Waals surface area contributed by atoms with E-state index in [9.17, 15) is 35.9 Å². The Bertz CT molecular complexity index is 1060. The molecule has 2 aliphatic rings. The molecule has 0 aromatic heterocycles. The van der Waals surface area contributed by atoms with Crippen molar-refractivity contribution in [1.29, 1.82) is 0 Å². The number of carbonyl (C=O) groups is 2. The van der Waals surface area contributed by atoms with Gasteiger partial charge in [-0.3, -0.25) is 9.59 Å². The molecule has 0 aliphatic carbocycles. The van der Waals surface area contributed by atoms with Crippen molar-refractivity contribution in [2.75, 3.05) is 10.6 Å². The van der Waals surface area contributed by atoms with E-state index in [4.69, 9.17) is 12.2 Å². The summed E-state index contributed by atoms with van der Waals surface area (Å²) in [6.45, 7) is 1.79. The van der Waals surface area contributed by atoms with Crippen LogP contribution in [-0.2, 0) is 17.1 Å². The quantitative estimate of drug-likeness (QED) is 0.323. The first-order valence-corrected chi connectivity index (χ1v) is 8.79. The Kier molecular flexibility index (Phi) is 5.35. The highest BCUT2D eigenvalue weighted by molar-refractivity contribution is 7.80. The molecule has 2 heterocycles. The third kappa shape index (κ3) is 4.16. The van der Waals surface area contributed by atoms with Crippen LogP contribution in [0.4, 0.5) is 37.7 Å². The zero-order valence-electron chi connectivity index (χ0n) is 15.0. The summed E-state index contributed by atoms with van der Waals surface area (Å²) < 4.78 is 74.1. The molecular weight excluding hydrogens is 434 g/mol. The minimum absolute atomic E-state index is 0.123. The van der Waals surface area contributed by atoms with Crippen molar-refractivity contribution in [2.24, 2.45) is 0 Å². The molecule has 158 valence electrons. The van der Waals surface area contributed by atoms with Gasteiger partial charge in [-0.05, 0) is 42.0 Å². The second-order valence-corrected chi connectivity index (χ2v) is 6.99. The number of alkyl halides is 6. The van der Waals surface area contributed by atoms with Gasteiger partial charge in [0.15, 0.2) is 0 Å². The molecule has 11 heteroatoms. The Morgan fingerprint density at radius 2 is 1.37 bits per heavy atom. The maximum absolute atomic E-state index is 12.4. The summed E-state index contributed by atoms with van der Waals surface area (Å²) in [6, 6.07) is 6.21. The summed E-state index contributed by atoms with van der Waals surface area (Å²) in [6.07, 6.45) is -8.81. The normalized spacial score (nSPS) is 17.6. The van der Waals surface area contributed by atoms with E-state index >= 15 is 0 Å². The van der Waals surface area contributed by atoms with E-state index in [2.05, 4.69) is 10.6 Å². The lowest BCUT2D eigenvalue weighted by atomic mass is 10.0. The number of ketones is 1. The highest BCUT2D eigenvalue weighted by Crippen LogP contribution is 2.38. The van der Waals surface area contributed by atoms with Crippen molar-refractivity contribution >= 4 is 40.3 Å². The molecule has 30 heavy (non-hydrogen) atoms. The third-order valence-electron chi connectivity index (χ3n) is 4.54. The third-order valence-corrected chi connectivity index (χ3v) is 5.00. The van der Waals surface area contributed by atoms with Gasteiger partial charge in [-0.25, -0.2) is 0 Å². The van der Waals surface area contributed by atoms with Crippen LogP contribution < -0.4 is 10.6 Å². The largest absolute Gasteiger partial charge is 0.416 e. The molecular formula is C19H12F6N2O2S. The van der Waals surface area contributed by atoms with Crippen LogP contribution in [-0.4, -0.2) is 16.7 Å². The maximum Gasteiger partial charge on any atom is 0.416 e. The van der Waals surface area contributed by atoms with Gasteiger partial charge in [-0.1, -0.05) is 19.1 Å². The highest BCUT2D eigenvalue weighted by Gasteiger charge is 2.35. The predicted molar refractivity (Wildman–Crippen MR) is 100 cm³/mol. The average Bonchev–Trinajstić information content (AvgIpc) is 3.09. The van der Waals surface area contributed by atoms with Gasteiger partial charge < -0.3 is 10.6 Å². The van der Waals surface area contributed by atoms with Crippen molar-refractivity contribution in [3.63, 3.8) is 0 Å². The number of fused-ring (bicyclic) bond motifs is 2. The van der Waals surface area contributed by atoms with E-state index in [1.807, 2.05) is 0 Å². The number of anilines is 2. The van der Waals surface area contributed by atoms with Gasteiger partial charge in [0.2, 0.25) is 0 Å². The van der Waals surface area contributed by atoms with Crippen molar-refractivity contribution < 1.29 is 35.9 Å². The Hall–Kier alpha value is -2.95. The van der Waals surface area contributed by atoms with Gasteiger partial charge in [0.25, 0.3) is 11.7 Å². The molecule has 2 aliphatic heterocycles. The number of thiocarbonyl (C=S) groups is 1. The lowest BCUT2D eigenvalue weighted by molar-refractivity contribution is -0.138. The Morgan fingerprint density at radius 1 is 0.833 bits per heavy atom. The van der Waals surface area contributed by atoms with E-state index in [0.717, 1.165) is 24.3 Å². The van der Waals surface area contributed by atoms with Gasteiger partial charge >= 0.3 is 12.4 Å². The number of halogens is 6. The van der Waals surface area contributed by atoms with E-state index in [0.29, 0.717) is 22.3 Å². The van der Waals surface area contributed by atoms with Gasteiger partial charge in [0.05, 0.1) is 27.4 Å². The molecule has 0 saturated heterocycles. The monoisotopic (exact) mass is 446 g/mol. The number of carbonyl (C=O) groups excluding carboxylic acids is 2. The molecule has 2 aromatic carbocycles. The molecule has 4 rings (SSSR count). The second kappa shape index (κ2) is 7.38.